The summed E-state index contributed by atoms with van der Waals surface area (Å²) in [4.78, 5) is 62.2. The van der Waals surface area contributed by atoms with Gasteiger partial charge in [-0.2, -0.15) is 0 Å². The number of rotatable bonds is 8. The molecule has 2 aromatic heterocycles. The lowest BCUT2D eigenvalue weighted by Crippen LogP contribution is -2.65. The van der Waals surface area contributed by atoms with Gasteiger partial charge in [-0.25, -0.2) is 9.78 Å². The highest BCUT2D eigenvalue weighted by Crippen LogP contribution is 2.27. The number of nitrogens with one attached hydrogen (secondary N) is 2. The molecule has 1 aliphatic carbocycles. The van der Waals surface area contributed by atoms with E-state index in [-0.39, 0.29) is 49.3 Å². The highest BCUT2D eigenvalue weighted by atomic mass is 32.1. The van der Waals surface area contributed by atoms with Gasteiger partial charge >= 0.3 is 6.09 Å². The lowest BCUT2D eigenvalue weighted by Gasteiger charge is -2.44. The quantitative estimate of drug-likeness (QED) is 0.423. The Kier molecular flexibility index (Phi) is 9.88. The van der Waals surface area contributed by atoms with E-state index in [1.807, 2.05) is 17.5 Å². The molecular formula is C28H38N6O5S2. The maximum atomic E-state index is 14.3. The summed E-state index contributed by atoms with van der Waals surface area (Å²) in [7, 11) is 0. The Balaban J connectivity index is 1.31. The van der Waals surface area contributed by atoms with E-state index in [1.165, 1.54) is 34.0 Å². The SMILES string of the molecule is O=C(NCc1cccs1)[C@@H]1CN(C(=O)O)CCN1C(=O)[C@H](NC1CCCCC1)C1CCN(C(=O)c2cscn2)CC1. The van der Waals surface area contributed by atoms with Crippen LogP contribution in [0.25, 0.3) is 0 Å². The number of hydrogen-bond acceptors (Lipinski definition) is 8. The smallest absolute Gasteiger partial charge is 0.407 e. The van der Waals surface area contributed by atoms with Crippen molar-refractivity contribution < 1.29 is 24.3 Å². The zero-order valence-electron chi connectivity index (χ0n) is 23.1. The first-order chi connectivity index (χ1) is 19.9. The minimum atomic E-state index is -1.10. The number of thiazole rings is 1. The van der Waals surface area contributed by atoms with Gasteiger partial charge in [0.1, 0.15) is 11.7 Å². The van der Waals surface area contributed by atoms with E-state index in [1.54, 1.807) is 20.7 Å². The van der Waals surface area contributed by atoms with Crippen molar-refractivity contribution in [3.05, 3.63) is 39.0 Å². The number of carbonyl (C=O) groups is 4. The van der Waals surface area contributed by atoms with Crippen LogP contribution in [-0.4, -0.2) is 99.5 Å². The number of hydrogen-bond donors (Lipinski definition) is 3. The first-order valence-corrected chi connectivity index (χ1v) is 16.2. The van der Waals surface area contributed by atoms with Gasteiger partial charge in [0.2, 0.25) is 11.8 Å². The maximum absolute atomic E-state index is 14.3. The van der Waals surface area contributed by atoms with Crippen molar-refractivity contribution in [1.82, 2.24) is 30.3 Å². The van der Waals surface area contributed by atoms with E-state index in [9.17, 15) is 24.3 Å². The minimum absolute atomic E-state index is 0.00348. The first kappa shape index (κ1) is 29.5. The Labute approximate surface area is 247 Å². The summed E-state index contributed by atoms with van der Waals surface area (Å²) in [5, 5.41) is 19.9. The molecule has 41 heavy (non-hydrogen) atoms. The van der Waals surface area contributed by atoms with Gasteiger partial charge < -0.3 is 30.4 Å². The molecule has 0 unspecified atom stereocenters. The van der Waals surface area contributed by atoms with Crippen LogP contribution in [0, 0.1) is 5.92 Å². The topological polar surface area (TPSA) is 135 Å². The molecule has 13 heteroatoms. The van der Waals surface area contributed by atoms with Crippen molar-refractivity contribution in [1.29, 1.82) is 0 Å². The molecule has 3 aliphatic rings. The number of likely N-dealkylation sites (tertiary alicyclic amines) is 1. The lowest BCUT2D eigenvalue weighted by molar-refractivity contribution is -0.146. The van der Waals surface area contributed by atoms with Gasteiger partial charge in [0.15, 0.2) is 0 Å². The molecule has 5 rings (SSSR count). The number of carbonyl (C=O) groups excluding carboxylic acids is 3. The van der Waals surface area contributed by atoms with Gasteiger partial charge in [-0.15, -0.1) is 22.7 Å². The van der Waals surface area contributed by atoms with Crippen LogP contribution >= 0.6 is 22.7 Å². The summed E-state index contributed by atoms with van der Waals surface area (Å²) < 4.78 is 0. The highest BCUT2D eigenvalue weighted by Gasteiger charge is 2.43. The Bertz CT molecular complexity index is 1180. The van der Waals surface area contributed by atoms with Crippen LogP contribution in [0.1, 0.15) is 60.3 Å². The molecule has 2 atom stereocenters. The first-order valence-electron chi connectivity index (χ1n) is 14.4. The third-order valence-corrected chi connectivity index (χ3v) is 9.95. The van der Waals surface area contributed by atoms with E-state index >= 15 is 0 Å². The van der Waals surface area contributed by atoms with Gasteiger partial charge in [-0.1, -0.05) is 25.3 Å². The fraction of sp³-hybridized carbons (Fsp3) is 0.607. The monoisotopic (exact) mass is 602 g/mol. The van der Waals surface area contributed by atoms with Crippen LogP contribution in [0.15, 0.2) is 28.4 Å². The number of amides is 4. The number of piperazine rings is 1. The summed E-state index contributed by atoms with van der Waals surface area (Å²) in [5.41, 5.74) is 2.11. The average Bonchev–Trinajstić information content (AvgIpc) is 3.73. The molecule has 0 bridgehead atoms. The molecule has 11 nitrogen and oxygen atoms in total. The van der Waals surface area contributed by atoms with Crippen molar-refractivity contribution in [2.75, 3.05) is 32.7 Å². The summed E-state index contributed by atoms with van der Waals surface area (Å²) in [6, 6.07) is 2.65. The van der Waals surface area contributed by atoms with Gasteiger partial charge in [0, 0.05) is 42.5 Å². The van der Waals surface area contributed by atoms with Gasteiger partial charge in [0.25, 0.3) is 5.91 Å². The summed E-state index contributed by atoms with van der Waals surface area (Å²) in [6.45, 7) is 1.66. The molecule has 2 saturated heterocycles. The molecule has 0 spiro atoms. The van der Waals surface area contributed by atoms with Crippen molar-refractivity contribution in [2.45, 2.75) is 69.6 Å². The van der Waals surface area contributed by atoms with E-state index in [2.05, 4.69) is 15.6 Å². The molecule has 2 aliphatic heterocycles. The fourth-order valence-corrected chi connectivity index (χ4v) is 7.35. The second-order valence-corrected chi connectivity index (χ2v) is 12.8. The molecule has 0 radical (unpaired) electrons. The second kappa shape index (κ2) is 13.8. The largest absolute Gasteiger partial charge is 0.465 e. The van der Waals surface area contributed by atoms with Crippen LogP contribution in [0.4, 0.5) is 4.79 Å². The molecule has 1 saturated carbocycles. The average molecular weight is 603 g/mol. The number of carboxylic acid groups (broad SMARTS) is 1. The zero-order chi connectivity index (χ0) is 28.8. The molecule has 3 N–H and O–H groups in total. The Morgan fingerprint density at radius 1 is 1.02 bits per heavy atom. The van der Waals surface area contributed by atoms with Gasteiger partial charge in [-0.3, -0.25) is 14.4 Å². The normalized spacial score (nSPS) is 21.5. The summed E-state index contributed by atoms with van der Waals surface area (Å²) in [6.07, 6.45) is 5.66. The lowest BCUT2D eigenvalue weighted by atomic mass is 9.86. The molecule has 3 fully saturated rings. The minimum Gasteiger partial charge on any atom is -0.465 e. The summed E-state index contributed by atoms with van der Waals surface area (Å²) in [5.74, 6) is -0.588. The molecular weight excluding hydrogens is 564 g/mol. The van der Waals surface area contributed by atoms with Crippen LogP contribution in [-0.2, 0) is 16.1 Å². The van der Waals surface area contributed by atoms with Crippen molar-refractivity contribution in [3.8, 4) is 0 Å². The number of thiophene rings is 1. The van der Waals surface area contributed by atoms with Crippen LogP contribution < -0.4 is 10.6 Å². The molecule has 4 amide bonds. The maximum Gasteiger partial charge on any atom is 0.407 e. The zero-order valence-corrected chi connectivity index (χ0v) is 24.7. The molecule has 222 valence electrons. The number of nitrogens with zero attached hydrogens (tertiary/aromatic N) is 4. The van der Waals surface area contributed by atoms with Crippen molar-refractivity contribution >= 4 is 46.5 Å². The predicted octanol–water partition coefficient (Wildman–Crippen LogP) is 2.85. The van der Waals surface area contributed by atoms with Crippen LogP contribution in [0.5, 0.6) is 0 Å². The molecule has 4 heterocycles. The van der Waals surface area contributed by atoms with Crippen LogP contribution in [0.2, 0.25) is 0 Å². The number of aromatic nitrogens is 1. The van der Waals surface area contributed by atoms with E-state index in [0.717, 1.165) is 30.6 Å². The standard InChI is InChI=1S/C28H38N6O5S2/c35-25(29-15-21-7-4-14-41-21)23-16-33(28(38)39)12-13-34(23)27(37)24(31-20-5-2-1-3-6-20)19-8-10-32(11-9-19)26(36)22-17-40-18-30-22/h4,7,14,17-20,23-24,31H,1-3,5-6,8-13,15-16H2,(H,29,35)(H,38,39)/t23-,24+/m0/s1. The summed E-state index contributed by atoms with van der Waals surface area (Å²) >= 11 is 2.92. The van der Waals surface area contributed by atoms with E-state index in [0.29, 0.717) is 38.2 Å². The molecule has 0 aromatic carbocycles. The van der Waals surface area contributed by atoms with Crippen molar-refractivity contribution in [2.24, 2.45) is 5.92 Å². The fourth-order valence-electron chi connectivity index (χ4n) is 6.18. The second-order valence-electron chi connectivity index (χ2n) is 11.1. The third kappa shape index (κ3) is 7.25. The highest BCUT2D eigenvalue weighted by molar-refractivity contribution is 7.09. The third-order valence-electron chi connectivity index (χ3n) is 8.49. The van der Waals surface area contributed by atoms with Gasteiger partial charge in [-0.05, 0) is 43.0 Å². The number of piperidine rings is 1. The van der Waals surface area contributed by atoms with Crippen LogP contribution in [0.3, 0.4) is 0 Å². The van der Waals surface area contributed by atoms with Gasteiger partial charge in [0.05, 0.1) is 24.6 Å². The van der Waals surface area contributed by atoms with E-state index in [4.69, 9.17) is 0 Å². The van der Waals surface area contributed by atoms with E-state index < -0.39 is 18.2 Å². The molecule has 2 aromatic rings. The van der Waals surface area contributed by atoms with Crippen molar-refractivity contribution in [3.63, 3.8) is 0 Å². The Morgan fingerprint density at radius 3 is 2.46 bits per heavy atom. The Hall–Kier alpha value is -3.03. The Morgan fingerprint density at radius 2 is 1.80 bits per heavy atom. The predicted molar refractivity (Wildman–Crippen MR) is 156 cm³/mol.